The lowest BCUT2D eigenvalue weighted by atomic mass is 9.91. The normalized spacial score (nSPS) is 13.7. The maximum atomic E-state index is 11.9. The standard InChI is InChI=1S/C12H25NO2/c1-6-10(5)13-12(7-2,8-3)11(14)15-9-4/h10,13H,6-9H2,1-5H3. The van der Waals surface area contributed by atoms with Crippen molar-refractivity contribution in [1.82, 2.24) is 5.32 Å². The minimum absolute atomic E-state index is 0.115. The summed E-state index contributed by atoms with van der Waals surface area (Å²) in [7, 11) is 0. The van der Waals surface area contributed by atoms with Gasteiger partial charge in [-0.3, -0.25) is 10.1 Å². The molecule has 0 aromatic rings. The molecular formula is C12H25NO2. The van der Waals surface area contributed by atoms with E-state index in [2.05, 4.69) is 19.2 Å². The zero-order valence-corrected chi connectivity index (χ0v) is 10.7. The Morgan fingerprint density at radius 1 is 1.27 bits per heavy atom. The van der Waals surface area contributed by atoms with Gasteiger partial charge in [-0.25, -0.2) is 0 Å². The molecule has 3 nitrogen and oxygen atoms in total. The van der Waals surface area contributed by atoms with Gasteiger partial charge in [0, 0.05) is 6.04 Å². The fourth-order valence-corrected chi connectivity index (χ4v) is 1.64. The second-order valence-corrected chi connectivity index (χ2v) is 3.96. The molecule has 0 saturated carbocycles. The third-order valence-electron chi connectivity index (χ3n) is 3.01. The maximum Gasteiger partial charge on any atom is 0.326 e. The van der Waals surface area contributed by atoms with Crippen molar-refractivity contribution in [3.05, 3.63) is 0 Å². The monoisotopic (exact) mass is 215 g/mol. The number of hydrogen-bond donors (Lipinski definition) is 1. The molecule has 0 aromatic carbocycles. The van der Waals surface area contributed by atoms with Gasteiger partial charge in [0.1, 0.15) is 5.54 Å². The molecule has 0 aliphatic heterocycles. The first kappa shape index (κ1) is 14.4. The third-order valence-corrected chi connectivity index (χ3v) is 3.01. The van der Waals surface area contributed by atoms with Gasteiger partial charge in [-0.1, -0.05) is 20.8 Å². The average Bonchev–Trinajstić information content (AvgIpc) is 2.26. The van der Waals surface area contributed by atoms with E-state index in [0.717, 1.165) is 19.3 Å². The number of esters is 1. The minimum Gasteiger partial charge on any atom is -0.465 e. The molecule has 1 N–H and O–H groups in total. The average molecular weight is 215 g/mol. The highest BCUT2D eigenvalue weighted by molar-refractivity contribution is 5.80. The predicted molar refractivity (Wildman–Crippen MR) is 62.8 cm³/mol. The Hall–Kier alpha value is -0.570. The van der Waals surface area contributed by atoms with Crippen molar-refractivity contribution >= 4 is 5.97 Å². The van der Waals surface area contributed by atoms with Gasteiger partial charge in [-0.2, -0.15) is 0 Å². The van der Waals surface area contributed by atoms with Crippen molar-refractivity contribution in [2.24, 2.45) is 0 Å². The van der Waals surface area contributed by atoms with E-state index in [9.17, 15) is 4.79 Å². The quantitative estimate of drug-likeness (QED) is 0.663. The first-order valence-corrected chi connectivity index (χ1v) is 6.01. The number of hydrogen-bond acceptors (Lipinski definition) is 3. The van der Waals surface area contributed by atoms with Gasteiger partial charge in [0.25, 0.3) is 0 Å². The minimum atomic E-state index is -0.495. The Labute approximate surface area is 93.6 Å². The van der Waals surface area contributed by atoms with Gasteiger partial charge < -0.3 is 4.74 Å². The molecule has 0 rings (SSSR count). The molecule has 0 fully saturated rings. The van der Waals surface area contributed by atoms with Crippen LogP contribution in [0.25, 0.3) is 0 Å². The van der Waals surface area contributed by atoms with Gasteiger partial charge in [-0.05, 0) is 33.1 Å². The van der Waals surface area contributed by atoms with E-state index in [0.29, 0.717) is 12.6 Å². The maximum absolute atomic E-state index is 11.9. The summed E-state index contributed by atoms with van der Waals surface area (Å²) in [5.41, 5.74) is -0.495. The van der Waals surface area contributed by atoms with Crippen LogP contribution in [0.15, 0.2) is 0 Å². The van der Waals surface area contributed by atoms with Crippen molar-refractivity contribution in [3.63, 3.8) is 0 Å². The van der Waals surface area contributed by atoms with Crippen LogP contribution >= 0.6 is 0 Å². The molecule has 15 heavy (non-hydrogen) atoms. The summed E-state index contributed by atoms with van der Waals surface area (Å²) in [5.74, 6) is -0.115. The topological polar surface area (TPSA) is 38.3 Å². The molecule has 90 valence electrons. The van der Waals surface area contributed by atoms with Gasteiger partial charge in [0.15, 0.2) is 0 Å². The van der Waals surface area contributed by atoms with Crippen molar-refractivity contribution in [3.8, 4) is 0 Å². The molecule has 0 aromatic heterocycles. The second kappa shape index (κ2) is 6.83. The number of carbonyl (C=O) groups is 1. The lowest BCUT2D eigenvalue weighted by molar-refractivity contribution is -0.152. The molecule has 0 amide bonds. The summed E-state index contributed by atoms with van der Waals surface area (Å²) in [5, 5.41) is 3.39. The number of nitrogens with one attached hydrogen (secondary N) is 1. The Balaban J connectivity index is 4.63. The summed E-state index contributed by atoms with van der Waals surface area (Å²) in [6.07, 6.45) is 2.56. The molecule has 0 saturated heterocycles. The zero-order valence-electron chi connectivity index (χ0n) is 10.7. The molecule has 0 aliphatic carbocycles. The van der Waals surface area contributed by atoms with Crippen molar-refractivity contribution in [2.45, 2.75) is 65.5 Å². The molecule has 0 aliphatic rings. The number of carbonyl (C=O) groups excluding carboxylic acids is 1. The Bertz CT molecular complexity index is 188. The van der Waals surface area contributed by atoms with Crippen LogP contribution < -0.4 is 5.32 Å². The SMILES string of the molecule is CCOC(=O)C(CC)(CC)NC(C)CC. The van der Waals surface area contributed by atoms with Gasteiger partial charge in [0.2, 0.25) is 0 Å². The summed E-state index contributed by atoms with van der Waals surface area (Å²) < 4.78 is 5.13. The van der Waals surface area contributed by atoms with E-state index in [1.165, 1.54) is 0 Å². The van der Waals surface area contributed by atoms with Crippen LogP contribution in [0.4, 0.5) is 0 Å². The zero-order chi connectivity index (χ0) is 11.9. The fraction of sp³-hybridized carbons (Fsp3) is 0.917. The molecule has 3 heteroatoms. The van der Waals surface area contributed by atoms with E-state index in [-0.39, 0.29) is 5.97 Å². The highest BCUT2D eigenvalue weighted by atomic mass is 16.5. The summed E-state index contributed by atoms with van der Waals surface area (Å²) in [6, 6.07) is 0.342. The first-order chi connectivity index (χ1) is 7.06. The van der Waals surface area contributed by atoms with Crippen LogP contribution in [-0.4, -0.2) is 24.2 Å². The Morgan fingerprint density at radius 3 is 2.13 bits per heavy atom. The lowest BCUT2D eigenvalue weighted by Gasteiger charge is -2.33. The third kappa shape index (κ3) is 3.82. The lowest BCUT2D eigenvalue weighted by Crippen LogP contribution is -2.55. The van der Waals surface area contributed by atoms with Gasteiger partial charge in [-0.15, -0.1) is 0 Å². The molecule has 0 spiro atoms. The smallest absolute Gasteiger partial charge is 0.326 e. The van der Waals surface area contributed by atoms with E-state index < -0.39 is 5.54 Å². The number of rotatable bonds is 7. The molecule has 0 bridgehead atoms. The molecule has 1 atom stereocenters. The predicted octanol–water partition coefficient (Wildman–Crippen LogP) is 2.50. The van der Waals surface area contributed by atoms with Crippen molar-refractivity contribution in [2.75, 3.05) is 6.61 Å². The highest BCUT2D eigenvalue weighted by Crippen LogP contribution is 2.18. The van der Waals surface area contributed by atoms with Crippen LogP contribution in [0, 0.1) is 0 Å². The van der Waals surface area contributed by atoms with Crippen LogP contribution in [0.5, 0.6) is 0 Å². The summed E-state index contributed by atoms with van der Waals surface area (Å²) >= 11 is 0. The molecule has 1 unspecified atom stereocenters. The number of ether oxygens (including phenoxy) is 1. The van der Waals surface area contributed by atoms with Crippen LogP contribution in [-0.2, 0) is 9.53 Å². The van der Waals surface area contributed by atoms with Crippen LogP contribution in [0.1, 0.15) is 53.9 Å². The Kier molecular flexibility index (Phi) is 6.57. The van der Waals surface area contributed by atoms with Gasteiger partial charge in [0.05, 0.1) is 6.61 Å². The van der Waals surface area contributed by atoms with Crippen LogP contribution in [0.3, 0.4) is 0 Å². The van der Waals surface area contributed by atoms with E-state index in [4.69, 9.17) is 4.74 Å². The van der Waals surface area contributed by atoms with Gasteiger partial charge >= 0.3 is 5.97 Å². The van der Waals surface area contributed by atoms with Crippen LogP contribution in [0.2, 0.25) is 0 Å². The second-order valence-electron chi connectivity index (χ2n) is 3.96. The first-order valence-electron chi connectivity index (χ1n) is 6.01. The molecule has 0 heterocycles. The largest absolute Gasteiger partial charge is 0.465 e. The van der Waals surface area contributed by atoms with Crippen molar-refractivity contribution in [1.29, 1.82) is 0 Å². The Morgan fingerprint density at radius 2 is 1.80 bits per heavy atom. The van der Waals surface area contributed by atoms with E-state index in [1.807, 2.05) is 20.8 Å². The van der Waals surface area contributed by atoms with E-state index >= 15 is 0 Å². The molecular weight excluding hydrogens is 190 g/mol. The highest BCUT2D eigenvalue weighted by Gasteiger charge is 2.36. The fourth-order valence-electron chi connectivity index (χ4n) is 1.64. The summed E-state index contributed by atoms with van der Waals surface area (Å²) in [6.45, 7) is 10.5. The molecule has 0 radical (unpaired) electrons. The van der Waals surface area contributed by atoms with E-state index in [1.54, 1.807) is 0 Å². The van der Waals surface area contributed by atoms with Crippen molar-refractivity contribution < 1.29 is 9.53 Å². The summed E-state index contributed by atoms with van der Waals surface area (Å²) in [4.78, 5) is 11.9.